The molecule has 1 saturated carbocycles. The summed E-state index contributed by atoms with van der Waals surface area (Å²) >= 11 is 6.00. The molecule has 144 valence electrons. The van der Waals surface area contributed by atoms with Crippen molar-refractivity contribution in [1.82, 2.24) is 9.88 Å². The van der Waals surface area contributed by atoms with E-state index in [0.29, 0.717) is 38.4 Å². The molecule has 0 unspecified atom stereocenters. The van der Waals surface area contributed by atoms with Crippen molar-refractivity contribution >= 4 is 23.3 Å². The number of hydrogen-bond donors (Lipinski definition) is 1. The van der Waals surface area contributed by atoms with Gasteiger partial charge in [-0.25, -0.2) is 4.98 Å². The fourth-order valence-corrected chi connectivity index (χ4v) is 3.94. The lowest BCUT2D eigenvalue weighted by Crippen LogP contribution is -2.49. The van der Waals surface area contributed by atoms with Gasteiger partial charge < -0.3 is 15.5 Å². The van der Waals surface area contributed by atoms with Crippen molar-refractivity contribution in [2.24, 2.45) is 11.7 Å². The number of carbonyl (C=O) groups excluding carboxylic acids is 1. The van der Waals surface area contributed by atoms with Gasteiger partial charge in [-0.1, -0.05) is 18.0 Å². The Morgan fingerprint density at radius 3 is 2.50 bits per heavy atom. The van der Waals surface area contributed by atoms with Crippen LogP contribution >= 0.6 is 11.6 Å². The third-order valence-electron chi connectivity index (χ3n) is 5.24. The molecule has 1 aromatic rings. The van der Waals surface area contributed by atoms with E-state index in [2.05, 4.69) is 4.98 Å². The van der Waals surface area contributed by atoms with Crippen LogP contribution in [0, 0.1) is 5.92 Å². The van der Waals surface area contributed by atoms with Crippen molar-refractivity contribution in [1.29, 1.82) is 0 Å². The van der Waals surface area contributed by atoms with Crippen LogP contribution in [0.4, 0.5) is 19.0 Å². The van der Waals surface area contributed by atoms with E-state index < -0.39 is 11.7 Å². The van der Waals surface area contributed by atoms with Gasteiger partial charge in [-0.2, -0.15) is 13.2 Å². The molecule has 3 rings (SSSR count). The summed E-state index contributed by atoms with van der Waals surface area (Å²) in [5.74, 6) is 0.676. The van der Waals surface area contributed by atoms with Gasteiger partial charge >= 0.3 is 6.18 Å². The molecule has 0 radical (unpaired) electrons. The second kappa shape index (κ2) is 7.60. The van der Waals surface area contributed by atoms with Crippen LogP contribution < -0.4 is 10.6 Å². The van der Waals surface area contributed by atoms with Crippen LogP contribution in [0.2, 0.25) is 5.02 Å². The first-order valence-corrected chi connectivity index (χ1v) is 9.14. The first-order valence-electron chi connectivity index (χ1n) is 8.76. The van der Waals surface area contributed by atoms with Crippen LogP contribution in [0.15, 0.2) is 12.3 Å². The van der Waals surface area contributed by atoms with E-state index in [0.717, 1.165) is 31.5 Å². The van der Waals surface area contributed by atoms with Crippen LogP contribution in [-0.2, 0) is 11.0 Å². The largest absolute Gasteiger partial charge is 0.417 e. The van der Waals surface area contributed by atoms with Crippen molar-refractivity contribution in [3.63, 3.8) is 0 Å². The molecule has 1 aliphatic heterocycles. The van der Waals surface area contributed by atoms with E-state index in [9.17, 15) is 18.0 Å². The van der Waals surface area contributed by atoms with Gasteiger partial charge in [0.25, 0.3) is 0 Å². The molecule has 1 aromatic heterocycles. The van der Waals surface area contributed by atoms with Crippen molar-refractivity contribution < 1.29 is 18.0 Å². The molecule has 1 aliphatic carbocycles. The fraction of sp³-hybridized carbons (Fsp3) is 0.647. The van der Waals surface area contributed by atoms with E-state index in [1.54, 1.807) is 4.90 Å². The molecule has 0 aromatic carbocycles. The van der Waals surface area contributed by atoms with E-state index >= 15 is 0 Å². The summed E-state index contributed by atoms with van der Waals surface area (Å²) in [5, 5.41) is -0.0310. The quantitative estimate of drug-likeness (QED) is 0.862. The number of aromatic nitrogens is 1. The molecule has 0 bridgehead atoms. The maximum Gasteiger partial charge on any atom is 0.417 e. The van der Waals surface area contributed by atoms with Crippen LogP contribution in [-0.4, -0.2) is 48.0 Å². The van der Waals surface area contributed by atoms with Crippen LogP contribution in [0.1, 0.15) is 31.2 Å². The second-order valence-corrected chi connectivity index (χ2v) is 7.36. The van der Waals surface area contributed by atoms with Gasteiger partial charge in [0.05, 0.1) is 10.6 Å². The first kappa shape index (κ1) is 19.2. The van der Waals surface area contributed by atoms with Gasteiger partial charge in [-0.05, 0) is 24.8 Å². The summed E-state index contributed by atoms with van der Waals surface area (Å²) in [7, 11) is 0. The number of nitrogens with zero attached hydrogens (tertiary/aromatic N) is 3. The lowest BCUT2D eigenvalue weighted by molar-refractivity contribution is -0.138. The predicted molar refractivity (Wildman–Crippen MR) is 93.0 cm³/mol. The number of hydrogen-bond acceptors (Lipinski definition) is 4. The van der Waals surface area contributed by atoms with Crippen molar-refractivity contribution in [3.8, 4) is 0 Å². The van der Waals surface area contributed by atoms with Gasteiger partial charge in [0.2, 0.25) is 5.91 Å². The third kappa shape index (κ3) is 4.23. The van der Waals surface area contributed by atoms with Crippen LogP contribution in [0.3, 0.4) is 0 Å². The average molecular weight is 391 g/mol. The van der Waals surface area contributed by atoms with Gasteiger partial charge in [0.1, 0.15) is 5.82 Å². The zero-order valence-electron chi connectivity index (χ0n) is 14.3. The summed E-state index contributed by atoms with van der Waals surface area (Å²) in [6, 6.07) is 0.999. The zero-order valence-corrected chi connectivity index (χ0v) is 15.1. The average Bonchev–Trinajstić information content (AvgIpc) is 2.99. The molecule has 2 N–H and O–H groups in total. The molecule has 1 amide bonds. The molecule has 2 fully saturated rings. The monoisotopic (exact) mass is 390 g/mol. The van der Waals surface area contributed by atoms with E-state index in [1.165, 1.54) is 0 Å². The fourth-order valence-electron chi connectivity index (χ4n) is 3.66. The Balaban J connectivity index is 1.57. The summed E-state index contributed by atoms with van der Waals surface area (Å²) in [6.45, 7) is 1.97. The highest BCUT2D eigenvalue weighted by Crippen LogP contribution is 2.34. The molecular weight excluding hydrogens is 369 g/mol. The Hall–Kier alpha value is -1.54. The SMILES string of the molecule is N[C@@H]1CCC[C@H]1CC(=O)N1CCN(c2ncc(C(F)(F)F)cc2Cl)CC1. The Morgan fingerprint density at radius 1 is 1.27 bits per heavy atom. The number of nitrogens with two attached hydrogens (primary N) is 1. The highest BCUT2D eigenvalue weighted by atomic mass is 35.5. The maximum absolute atomic E-state index is 12.7. The van der Waals surface area contributed by atoms with Crippen molar-refractivity contribution in [2.45, 2.75) is 37.9 Å². The topological polar surface area (TPSA) is 62.5 Å². The molecule has 0 spiro atoms. The Kier molecular flexibility index (Phi) is 5.62. The Labute approximate surface area is 155 Å². The summed E-state index contributed by atoms with van der Waals surface area (Å²) in [4.78, 5) is 19.9. The summed E-state index contributed by atoms with van der Waals surface area (Å²) in [5.41, 5.74) is 5.16. The molecular formula is C17H22ClF3N4O. The number of amides is 1. The van der Waals surface area contributed by atoms with Gasteiger partial charge in [0, 0.05) is 44.8 Å². The van der Waals surface area contributed by atoms with Crippen molar-refractivity contribution in [2.75, 3.05) is 31.1 Å². The van der Waals surface area contributed by atoms with Crippen LogP contribution in [0.5, 0.6) is 0 Å². The smallest absolute Gasteiger partial charge is 0.352 e. The third-order valence-corrected chi connectivity index (χ3v) is 5.51. The molecule has 2 aliphatic rings. The number of piperazine rings is 1. The van der Waals surface area contributed by atoms with Crippen LogP contribution in [0.25, 0.3) is 0 Å². The van der Waals surface area contributed by atoms with Gasteiger partial charge in [-0.3, -0.25) is 4.79 Å². The number of pyridine rings is 1. The number of halogens is 4. The van der Waals surface area contributed by atoms with Gasteiger partial charge in [0.15, 0.2) is 0 Å². The number of rotatable bonds is 3. The van der Waals surface area contributed by atoms with E-state index in [1.807, 2.05) is 4.90 Å². The first-order chi connectivity index (χ1) is 12.3. The van der Waals surface area contributed by atoms with E-state index in [4.69, 9.17) is 17.3 Å². The minimum Gasteiger partial charge on any atom is -0.352 e. The molecule has 5 nitrogen and oxygen atoms in total. The second-order valence-electron chi connectivity index (χ2n) is 6.95. The minimum atomic E-state index is -4.47. The normalized spacial score (nSPS) is 24.2. The summed E-state index contributed by atoms with van der Waals surface area (Å²) < 4.78 is 38.1. The lowest BCUT2D eigenvalue weighted by atomic mass is 9.99. The standard InChI is InChI=1S/C17H22ClF3N4O/c18-13-9-12(17(19,20)21)10-23-16(13)25-6-4-24(5-7-25)15(26)8-11-2-1-3-14(11)22/h9-11,14H,1-8,22H2/t11-,14+/m0/s1. The highest BCUT2D eigenvalue weighted by Gasteiger charge is 2.33. The van der Waals surface area contributed by atoms with E-state index in [-0.39, 0.29) is 22.9 Å². The highest BCUT2D eigenvalue weighted by molar-refractivity contribution is 6.33. The summed E-state index contributed by atoms with van der Waals surface area (Å²) in [6.07, 6.45) is -0.158. The predicted octanol–water partition coefficient (Wildman–Crippen LogP) is 2.92. The zero-order chi connectivity index (χ0) is 18.9. The Morgan fingerprint density at radius 2 is 1.96 bits per heavy atom. The number of carbonyl (C=O) groups is 1. The molecule has 26 heavy (non-hydrogen) atoms. The van der Waals surface area contributed by atoms with Gasteiger partial charge in [-0.15, -0.1) is 0 Å². The lowest BCUT2D eigenvalue weighted by Gasteiger charge is -2.36. The Bertz CT molecular complexity index is 662. The molecule has 2 heterocycles. The molecule has 9 heteroatoms. The van der Waals surface area contributed by atoms with Crippen molar-refractivity contribution in [3.05, 3.63) is 22.8 Å². The molecule has 2 atom stereocenters. The minimum absolute atomic E-state index is 0.0310. The molecule has 1 saturated heterocycles. The number of alkyl halides is 3. The number of anilines is 1. The maximum atomic E-state index is 12.7.